The van der Waals surface area contributed by atoms with Gasteiger partial charge in [0.05, 0.1) is 17.8 Å². The first kappa shape index (κ1) is 14.9. The predicted octanol–water partition coefficient (Wildman–Crippen LogP) is 3.38. The summed E-state index contributed by atoms with van der Waals surface area (Å²) in [6.07, 6.45) is 1.83. The zero-order chi connectivity index (χ0) is 12.3. The summed E-state index contributed by atoms with van der Waals surface area (Å²) in [5.41, 5.74) is -0.559. The fourth-order valence-electron chi connectivity index (χ4n) is 1.21. The van der Waals surface area contributed by atoms with Crippen LogP contribution in [0, 0.1) is 5.41 Å². The van der Waals surface area contributed by atoms with Gasteiger partial charge in [0, 0.05) is 0 Å². The molecule has 0 radical (unpaired) electrons. The molecule has 3 atom stereocenters. The van der Waals surface area contributed by atoms with E-state index in [2.05, 4.69) is 27.7 Å². The summed E-state index contributed by atoms with van der Waals surface area (Å²) in [5, 5.41) is 10.1. The first-order chi connectivity index (χ1) is 6.67. The topological polar surface area (TPSA) is 29.5 Å². The van der Waals surface area contributed by atoms with Crippen LogP contribution in [-0.4, -0.2) is 22.9 Å². The highest BCUT2D eigenvalue weighted by Crippen LogP contribution is 2.30. The molecule has 3 unspecified atom stereocenters. The summed E-state index contributed by atoms with van der Waals surface area (Å²) in [4.78, 5) is 0. The molecule has 0 heterocycles. The van der Waals surface area contributed by atoms with E-state index >= 15 is 0 Å². The average Bonchev–Trinajstić information content (AvgIpc) is 2.17. The smallest absolute Gasteiger partial charge is 0.0875 e. The Labute approximate surface area is 95.0 Å². The van der Waals surface area contributed by atoms with E-state index in [1.807, 2.05) is 20.8 Å². The zero-order valence-corrected chi connectivity index (χ0v) is 11.4. The van der Waals surface area contributed by atoms with Gasteiger partial charge in [0.25, 0.3) is 0 Å². The molecule has 0 bridgehead atoms. The normalized spacial score (nSPS) is 20.8. The minimum absolute atomic E-state index is 0.122. The predicted molar refractivity (Wildman–Crippen MR) is 65.0 cm³/mol. The lowest BCUT2D eigenvalue weighted by atomic mass is 9.84. The van der Waals surface area contributed by atoms with E-state index in [1.165, 1.54) is 0 Å². The Hall–Kier alpha value is -0.0800. The van der Waals surface area contributed by atoms with Gasteiger partial charge in [0.2, 0.25) is 0 Å². The third-order valence-corrected chi connectivity index (χ3v) is 4.01. The molecular formula is C13H28O2. The second kappa shape index (κ2) is 5.31. The Morgan fingerprint density at radius 1 is 1.00 bits per heavy atom. The Bertz CT molecular complexity index is 165. The van der Waals surface area contributed by atoms with Gasteiger partial charge in [-0.15, -0.1) is 0 Å². The van der Waals surface area contributed by atoms with Crippen molar-refractivity contribution >= 4 is 0 Å². The van der Waals surface area contributed by atoms with Crippen LogP contribution < -0.4 is 0 Å². The van der Waals surface area contributed by atoms with Crippen molar-refractivity contribution in [2.75, 3.05) is 0 Å². The molecule has 0 spiro atoms. The third kappa shape index (κ3) is 4.12. The number of hydrogen-bond acceptors (Lipinski definition) is 2. The van der Waals surface area contributed by atoms with Gasteiger partial charge < -0.3 is 9.84 Å². The van der Waals surface area contributed by atoms with E-state index in [0.717, 1.165) is 6.42 Å². The van der Waals surface area contributed by atoms with Crippen LogP contribution in [-0.2, 0) is 4.74 Å². The second-order valence-electron chi connectivity index (χ2n) is 5.47. The van der Waals surface area contributed by atoms with Crippen molar-refractivity contribution in [3.05, 3.63) is 0 Å². The molecule has 2 heteroatoms. The molecule has 92 valence electrons. The van der Waals surface area contributed by atoms with Crippen LogP contribution in [0.15, 0.2) is 0 Å². The maximum atomic E-state index is 10.1. The van der Waals surface area contributed by atoms with Gasteiger partial charge in [-0.3, -0.25) is 0 Å². The summed E-state index contributed by atoms with van der Waals surface area (Å²) < 4.78 is 5.91. The van der Waals surface area contributed by atoms with Crippen molar-refractivity contribution in [3.8, 4) is 0 Å². The van der Waals surface area contributed by atoms with Gasteiger partial charge in [0.1, 0.15) is 0 Å². The van der Waals surface area contributed by atoms with Crippen LogP contribution in [0.1, 0.15) is 61.3 Å². The van der Waals surface area contributed by atoms with Crippen LogP contribution in [0.25, 0.3) is 0 Å². The number of aliphatic hydroxyl groups is 1. The van der Waals surface area contributed by atoms with Crippen molar-refractivity contribution < 1.29 is 9.84 Å². The minimum Gasteiger partial charge on any atom is -0.387 e. The van der Waals surface area contributed by atoms with E-state index in [0.29, 0.717) is 6.42 Å². The highest BCUT2D eigenvalue weighted by atomic mass is 16.5. The maximum Gasteiger partial charge on any atom is 0.0875 e. The third-order valence-electron chi connectivity index (χ3n) is 4.01. The van der Waals surface area contributed by atoms with Crippen molar-refractivity contribution in [2.45, 2.75) is 79.1 Å². The summed E-state index contributed by atoms with van der Waals surface area (Å²) in [6, 6.07) is 0. The van der Waals surface area contributed by atoms with Crippen molar-refractivity contribution in [1.29, 1.82) is 0 Å². The Balaban J connectivity index is 4.36. The fraction of sp³-hybridized carbons (Fsp3) is 1.00. The maximum absolute atomic E-state index is 10.1. The van der Waals surface area contributed by atoms with Crippen LogP contribution >= 0.6 is 0 Å². The minimum atomic E-state index is -0.724. The average molecular weight is 216 g/mol. The standard InChI is InChI=1S/C13H28O2/c1-8-12(5,6)10(3)15-11(4)13(7,14)9-2/h10-11,14H,8-9H2,1-7H3. The lowest BCUT2D eigenvalue weighted by Gasteiger charge is -2.37. The Morgan fingerprint density at radius 3 is 1.80 bits per heavy atom. The highest BCUT2D eigenvalue weighted by Gasteiger charge is 2.32. The molecule has 0 aliphatic rings. The van der Waals surface area contributed by atoms with Crippen LogP contribution in [0.2, 0.25) is 0 Å². The fourth-order valence-corrected chi connectivity index (χ4v) is 1.21. The molecule has 0 aliphatic carbocycles. The summed E-state index contributed by atoms with van der Waals surface area (Å²) in [5.74, 6) is 0. The monoisotopic (exact) mass is 216 g/mol. The molecular weight excluding hydrogens is 188 g/mol. The quantitative estimate of drug-likeness (QED) is 0.737. The lowest BCUT2D eigenvalue weighted by Crippen LogP contribution is -2.43. The largest absolute Gasteiger partial charge is 0.387 e. The van der Waals surface area contributed by atoms with Gasteiger partial charge in [-0.25, -0.2) is 0 Å². The van der Waals surface area contributed by atoms with E-state index in [1.54, 1.807) is 0 Å². The molecule has 15 heavy (non-hydrogen) atoms. The molecule has 0 fully saturated rings. The molecule has 0 rings (SSSR count). The molecule has 0 aliphatic heterocycles. The van der Waals surface area contributed by atoms with E-state index in [4.69, 9.17) is 4.74 Å². The Kier molecular flexibility index (Phi) is 5.28. The molecule has 0 saturated heterocycles. The van der Waals surface area contributed by atoms with E-state index < -0.39 is 5.60 Å². The lowest BCUT2D eigenvalue weighted by molar-refractivity contribution is -0.141. The van der Waals surface area contributed by atoms with Gasteiger partial charge in [-0.05, 0) is 39.0 Å². The molecule has 0 amide bonds. The van der Waals surface area contributed by atoms with Crippen molar-refractivity contribution in [3.63, 3.8) is 0 Å². The number of ether oxygens (including phenoxy) is 1. The first-order valence-electron chi connectivity index (χ1n) is 6.05. The van der Waals surface area contributed by atoms with Crippen molar-refractivity contribution in [1.82, 2.24) is 0 Å². The molecule has 1 N–H and O–H groups in total. The molecule has 2 nitrogen and oxygen atoms in total. The SMILES string of the molecule is CCC(C)(C)C(C)OC(C)C(C)(O)CC. The first-order valence-corrected chi connectivity index (χ1v) is 6.05. The number of hydrogen-bond donors (Lipinski definition) is 1. The van der Waals surface area contributed by atoms with E-state index in [-0.39, 0.29) is 17.6 Å². The molecule has 0 aromatic rings. The van der Waals surface area contributed by atoms with Gasteiger partial charge in [-0.2, -0.15) is 0 Å². The highest BCUT2D eigenvalue weighted by molar-refractivity contribution is 4.82. The summed E-state index contributed by atoms with van der Waals surface area (Å²) in [7, 11) is 0. The summed E-state index contributed by atoms with van der Waals surface area (Å²) in [6.45, 7) is 14.4. The van der Waals surface area contributed by atoms with Crippen LogP contribution in [0.5, 0.6) is 0 Å². The summed E-state index contributed by atoms with van der Waals surface area (Å²) >= 11 is 0. The van der Waals surface area contributed by atoms with Crippen LogP contribution in [0.4, 0.5) is 0 Å². The van der Waals surface area contributed by atoms with Gasteiger partial charge >= 0.3 is 0 Å². The van der Waals surface area contributed by atoms with Crippen molar-refractivity contribution in [2.24, 2.45) is 5.41 Å². The number of rotatable bonds is 6. The molecule has 0 aromatic carbocycles. The second-order valence-corrected chi connectivity index (χ2v) is 5.47. The van der Waals surface area contributed by atoms with Gasteiger partial charge in [-0.1, -0.05) is 27.7 Å². The molecule has 0 aromatic heterocycles. The molecule has 0 saturated carbocycles. The van der Waals surface area contributed by atoms with Crippen LogP contribution in [0.3, 0.4) is 0 Å². The van der Waals surface area contributed by atoms with E-state index in [9.17, 15) is 5.11 Å². The van der Waals surface area contributed by atoms with Gasteiger partial charge in [0.15, 0.2) is 0 Å². The Morgan fingerprint density at radius 2 is 1.47 bits per heavy atom. The zero-order valence-electron chi connectivity index (χ0n) is 11.4.